The molecule has 5 nitrogen and oxygen atoms in total. The van der Waals surface area contributed by atoms with Gasteiger partial charge in [0.15, 0.2) is 0 Å². The quantitative estimate of drug-likeness (QED) is 0.671. The van der Waals surface area contributed by atoms with Crippen LogP contribution in [0.3, 0.4) is 0 Å². The van der Waals surface area contributed by atoms with E-state index in [1.165, 1.54) is 22.7 Å². The van der Waals surface area contributed by atoms with Crippen LogP contribution >= 0.6 is 11.5 Å². The molecule has 26 heavy (non-hydrogen) atoms. The third kappa shape index (κ3) is 3.93. The Morgan fingerprint density at radius 2 is 2.04 bits per heavy atom. The van der Waals surface area contributed by atoms with Crippen LogP contribution in [0.5, 0.6) is 5.75 Å². The zero-order valence-electron chi connectivity index (χ0n) is 14.4. The van der Waals surface area contributed by atoms with Crippen LogP contribution in [0.4, 0.5) is 0 Å². The maximum absolute atomic E-state index is 10.3. The number of aromatic nitrogens is 2. The van der Waals surface area contributed by atoms with Gasteiger partial charge in [-0.05, 0) is 47.8 Å². The number of aryl methyl sites for hydroxylation is 1. The molecule has 0 amide bonds. The highest BCUT2D eigenvalue weighted by Crippen LogP contribution is 2.27. The molecule has 3 aromatic rings. The molecule has 0 bridgehead atoms. The summed E-state index contributed by atoms with van der Waals surface area (Å²) in [7, 11) is 0. The highest BCUT2D eigenvalue weighted by molar-refractivity contribution is 7.03. The van der Waals surface area contributed by atoms with E-state index in [0.717, 1.165) is 29.8 Å². The first kappa shape index (κ1) is 17.1. The van der Waals surface area contributed by atoms with Crippen LogP contribution in [0.15, 0.2) is 53.9 Å². The van der Waals surface area contributed by atoms with Crippen molar-refractivity contribution in [3.05, 3.63) is 65.0 Å². The zero-order chi connectivity index (χ0) is 17.8. The van der Waals surface area contributed by atoms with E-state index >= 15 is 0 Å². The minimum Gasteiger partial charge on any atom is -0.491 e. The maximum Gasteiger partial charge on any atom is 0.137 e. The Kier molecular flexibility index (Phi) is 5.24. The van der Waals surface area contributed by atoms with Gasteiger partial charge in [-0.25, -0.2) is 0 Å². The van der Waals surface area contributed by atoms with Crippen molar-refractivity contribution in [2.45, 2.75) is 25.0 Å². The number of hydrogen-bond donors (Lipinski definition) is 2. The maximum atomic E-state index is 10.3. The lowest BCUT2D eigenvalue weighted by Crippen LogP contribution is -2.87. The number of benzene rings is 2. The summed E-state index contributed by atoms with van der Waals surface area (Å²) in [5.41, 5.74) is 4.73. The highest BCUT2D eigenvalue weighted by Gasteiger charge is 2.25. The molecule has 2 aromatic carbocycles. The average Bonchev–Trinajstić information content (AvgIpc) is 3.35. The number of ether oxygens (including phenoxy) is 1. The van der Waals surface area contributed by atoms with E-state index in [9.17, 15) is 5.11 Å². The van der Waals surface area contributed by atoms with Gasteiger partial charge in [0, 0.05) is 22.9 Å². The van der Waals surface area contributed by atoms with Crippen molar-refractivity contribution < 1.29 is 15.2 Å². The van der Waals surface area contributed by atoms with Gasteiger partial charge in [0.25, 0.3) is 0 Å². The first-order valence-electron chi connectivity index (χ1n) is 8.89. The van der Waals surface area contributed by atoms with E-state index in [1.54, 1.807) is 0 Å². The Morgan fingerprint density at radius 1 is 1.19 bits per heavy atom. The molecule has 0 radical (unpaired) electrons. The lowest BCUT2D eigenvalue weighted by Gasteiger charge is -2.15. The van der Waals surface area contributed by atoms with Crippen molar-refractivity contribution in [1.82, 2.24) is 9.59 Å². The standard InChI is InChI=1S/C20H21N3O2S/c24-16(11-21-19-10-7-14-3-1-2-4-18(14)19)12-25-17-8-5-15(6-9-17)20-13-26-23-22-20/h1-6,8-9,13,16,19,21,24H,7,10-12H2/p+1/t16-,19-/m0/s1. The lowest BCUT2D eigenvalue weighted by molar-refractivity contribution is -0.700. The third-order valence-electron chi connectivity index (χ3n) is 4.82. The van der Waals surface area contributed by atoms with Crippen LogP contribution < -0.4 is 10.1 Å². The van der Waals surface area contributed by atoms with Gasteiger partial charge >= 0.3 is 0 Å². The molecule has 0 aliphatic heterocycles. The summed E-state index contributed by atoms with van der Waals surface area (Å²) in [4.78, 5) is 0. The number of aliphatic hydroxyl groups is 1. The molecule has 4 rings (SSSR count). The van der Waals surface area contributed by atoms with Gasteiger partial charge in [0.1, 0.15) is 36.7 Å². The summed E-state index contributed by atoms with van der Waals surface area (Å²) in [6.07, 6.45) is 1.77. The molecule has 2 atom stereocenters. The van der Waals surface area contributed by atoms with Crippen LogP contribution in [0, 0.1) is 0 Å². The van der Waals surface area contributed by atoms with Crippen molar-refractivity contribution in [1.29, 1.82) is 0 Å². The summed E-state index contributed by atoms with van der Waals surface area (Å²) in [5, 5.41) is 18.5. The molecule has 134 valence electrons. The zero-order valence-corrected chi connectivity index (χ0v) is 15.2. The summed E-state index contributed by atoms with van der Waals surface area (Å²) >= 11 is 1.34. The topological polar surface area (TPSA) is 71.9 Å². The predicted molar refractivity (Wildman–Crippen MR) is 101 cm³/mol. The van der Waals surface area contributed by atoms with Crippen molar-refractivity contribution >= 4 is 11.5 Å². The molecular weight excluding hydrogens is 346 g/mol. The fourth-order valence-corrected chi connectivity index (χ4v) is 3.89. The van der Waals surface area contributed by atoms with Gasteiger partial charge in [-0.3, -0.25) is 0 Å². The molecule has 0 unspecified atom stereocenters. The van der Waals surface area contributed by atoms with E-state index in [4.69, 9.17) is 4.74 Å². The van der Waals surface area contributed by atoms with E-state index in [2.05, 4.69) is 39.2 Å². The van der Waals surface area contributed by atoms with E-state index in [0.29, 0.717) is 19.2 Å². The third-order valence-corrected chi connectivity index (χ3v) is 5.33. The molecule has 6 heteroatoms. The van der Waals surface area contributed by atoms with Crippen LogP contribution in [0.2, 0.25) is 0 Å². The SMILES string of the molecule is O[C@@H](C[NH2+][C@H]1CCc2ccccc21)COc1ccc(-c2csnn2)cc1. The largest absolute Gasteiger partial charge is 0.491 e. The number of rotatable bonds is 7. The van der Waals surface area contributed by atoms with E-state index in [-0.39, 0.29) is 0 Å². The second-order valence-corrected chi connectivity index (χ2v) is 7.20. The van der Waals surface area contributed by atoms with E-state index < -0.39 is 6.10 Å². The molecule has 0 fully saturated rings. The highest BCUT2D eigenvalue weighted by atomic mass is 32.1. The van der Waals surface area contributed by atoms with Crippen molar-refractivity contribution in [2.75, 3.05) is 13.2 Å². The summed E-state index contributed by atoms with van der Waals surface area (Å²) in [5.74, 6) is 0.752. The Hall–Kier alpha value is -2.28. The second kappa shape index (κ2) is 7.95. The van der Waals surface area contributed by atoms with Gasteiger partial charge < -0.3 is 15.2 Å². The van der Waals surface area contributed by atoms with E-state index in [1.807, 2.05) is 29.6 Å². The summed E-state index contributed by atoms with van der Waals surface area (Å²) in [6, 6.07) is 16.8. The molecule has 3 N–H and O–H groups in total. The van der Waals surface area contributed by atoms with Crippen molar-refractivity contribution in [2.24, 2.45) is 0 Å². The number of quaternary nitrogens is 1. The first-order valence-corrected chi connectivity index (χ1v) is 9.73. The molecule has 1 heterocycles. The number of aliphatic hydroxyl groups excluding tert-OH is 1. The summed E-state index contributed by atoms with van der Waals surface area (Å²) in [6.45, 7) is 0.935. The van der Waals surface area contributed by atoms with Gasteiger partial charge in [0.2, 0.25) is 0 Å². The van der Waals surface area contributed by atoms with Gasteiger partial charge in [-0.1, -0.05) is 28.8 Å². The Morgan fingerprint density at radius 3 is 2.85 bits per heavy atom. The molecular formula is C20H22N3O2S+. The fraction of sp³-hybridized carbons (Fsp3) is 0.300. The van der Waals surface area contributed by atoms with Crippen LogP contribution in [0.25, 0.3) is 11.3 Å². The smallest absolute Gasteiger partial charge is 0.137 e. The van der Waals surface area contributed by atoms with Crippen LogP contribution in [0.1, 0.15) is 23.6 Å². The van der Waals surface area contributed by atoms with Crippen molar-refractivity contribution in [3.8, 4) is 17.0 Å². The fourth-order valence-electron chi connectivity index (χ4n) is 3.43. The Labute approximate surface area is 156 Å². The van der Waals surface area contributed by atoms with Crippen LogP contribution in [-0.2, 0) is 6.42 Å². The molecule has 0 spiro atoms. The second-order valence-electron chi connectivity index (χ2n) is 6.59. The first-order chi connectivity index (χ1) is 12.8. The molecule has 1 aliphatic carbocycles. The number of nitrogens with two attached hydrogens (primary N) is 1. The van der Waals surface area contributed by atoms with Crippen LogP contribution in [-0.4, -0.2) is 33.9 Å². The van der Waals surface area contributed by atoms with Gasteiger partial charge in [-0.2, -0.15) is 0 Å². The Balaban J connectivity index is 1.25. The molecule has 0 saturated carbocycles. The number of nitrogens with zero attached hydrogens (tertiary/aromatic N) is 2. The monoisotopic (exact) mass is 368 g/mol. The van der Waals surface area contributed by atoms with Gasteiger partial charge in [0.05, 0.1) is 0 Å². The predicted octanol–water partition coefficient (Wildman–Crippen LogP) is 2.20. The average molecular weight is 368 g/mol. The minimum absolute atomic E-state index is 0.294. The van der Waals surface area contributed by atoms with Crippen molar-refractivity contribution in [3.63, 3.8) is 0 Å². The molecule has 1 aliphatic rings. The molecule has 0 saturated heterocycles. The molecule has 1 aromatic heterocycles. The number of fused-ring (bicyclic) bond motifs is 1. The number of hydrogen-bond acceptors (Lipinski definition) is 5. The van der Waals surface area contributed by atoms with Gasteiger partial charge in [-0.15, -0.1) is 5.10 Å². The minimum atomic E-state index is -0.495. The Bertz CT molecular complexity index is 837. The normalized spacial score (nSPS) is 17.0. The summed E-state index contributed by atoms with van der Waals surface area (Å²) < 4.78 is 9.59. The lowest BCUT2D eigenvalue weighted by atomic mass is 10.1.